The van der Waals surface area contributed by atoms with E-state index in [0.717, 1.165) is 9.87 Å². The lowest BCUT2D eigenvalue weighted by Crippen LogP contribution is -2.30. The average Bonchev–Trinajstić information content (AvgIpc) is 2.85. The summed E-state index contributed by atoms with van der Waals surface area (Å²) in [6, 6.07) is 11.4. The van der Waals surface area contributed by atoms with E-state index in [4.69, 9.17) is 4.74 Å². The van der Waals surface area contributed by atoms with Crippen LogP contribution in [-0.4, -0.2) is 27.9 Å². The van der Waals surface area contributed by atoms with Crippen molar-refractivity contribution >= 4 is 21.5 Å². The molecule has 1 heterocycles. The van der Waals surface area contributed by atoms with Crippen molar-refractivity contribution in [2.45, 2.75) is 11.8 Å². The molecule has 6 heteroatoms. The predicted molar refractivity (Wildman–Crippen MR) is 83.0 cm³/mol. The van der Waals surface area contributed by atoms with Crippen LogP contribution >= 0.6 is 0 Å². The van der Waals surface area contributed by atoms with E-state index in [1.54, 1.807) is 42.5 Å². The summed E-state index contributed by atoms with van der Waals surface area (Å²) in [5.41, 5.74) is 1.74. The fourth-order valence-corrected chi connectivity index (χ4v) is 3.88. The normalized spacial score (nSPS) is 14.1. The minimum atomic E-state index is -3.75. The Balaban J connectivity index is 2.08. The number of hydrogen-bond acceptors (Lipinski definition) is 4. The number of methoxy groups -OCH3 is 1. The highest BCUT2D eigenvalue weighted by atomic mass is 32.2. The van der Waals surface area contributed by atoms with E-state index in [-0.39, 0.29) is 17.2 Å². The molecule has 0 amide bonds. The van der Waals surface area contributed by atoms with Crippen molar-refractivity contribution in [2.24, 2.45) is 0 Å². The molecule has 5 nitrogen and oxygen atoms in total. The van der Waals surface area contributed by atoms with E-state index >= 15 is 0 Å². The number of ketones is 1. The van der Waals surface area contributed by atoms with Gasteiger partial charge in [0, 0.05) is 5.56 Å². The number of carbonyl (C=O) groups is 1. The first-order valence-electron chi connectivity index (χ1n) is 6.74. The number of aryl methyl sites for hydroxylation is 1. The summed E-state index contributed by atoms with van der Waals surface area (Å²) in [6.07, 6.45) is 0. The van der Waals surface area contributed by atoms with Gasteiger partial charge in [0.1, 0.15) is 5.75 Å². The van der Waals surface area contributed by atoms with Crippen molar-refractivity contribution in [3.05, 3.63) is 53.6 Å². The molecule has 1 aliphatic rings. The van der Waals surface area contributed by atoms with Crippen LogP contribution < -0.4 is 9.04 Å². The molecule has 0 saturated heterocycles. The van der Waals surface area contributed by atoms with Crippen LogP contribution in [0.5, 0.6) is 5.75 Å². The molecule has 2 aromatic rings. The molecule has 114 valence electrons. The SMILES string of the molecule is COc1ccc2c(c1)C(=O)CN2S(=O)(=O)c1ccc(C)cc1. The van der Waals surface area contributed by atoms with Gasteiger partial charge in [0.25, 0.3) is 10.0 Å². The summed E-state index contributed by atoms with van der Waals surface area (Å²) in [4.78, 5) is 12.3. The monoisotopic (exact) mass is 317 g/mol. The quantitative estimate of drug-likeness (QED) is 0.872. The van der Waals surface area contributed by atoms with Crippen molar-refractivity contribution in [1.29, 1.82) is 0 Å². The number of fused-ring (bicyclic) bond motifs is 1. The molecule has 0 saturated carbocycles. The van der Waals surface area contributed by atoms with Gasteiger partial charge in [-0.3, -0.25) is 9.10 Å². The zero-order chi connectivity index (χ0) is 15.9. The van der Waals surface area contributed by atoms with Gasteiger partial charge in [0.05, 0.1) is 24.2 Å². The Labute approximate surface area is 129 Å². The minimum absolute atomic E-state index is 0.176. The first-order valence-corrected chi connectivity index (χ1v) is 8.18. The van der Waals surface area contributed by atoms with E-state index in [2.05, 4.69) is 0 Å². The maximum Gasteiger partial charge on any atom is 0.264 e. The average molecular weight is 317 g/mol. The number of Topliss-reactive ketones (excluding diaryl/α,β-unsaturated/α-hetero) is 1. The predicted octanol–water partition coefficient (Wildman–Crippen LogP) is 2.40. The van der Waals surface area contributed by atoms with Crippen LogP contribution in [0.1, 0.15) is 15.9 Å². The number of carbonyl (C=O) groups excluding carboxylic acids is 1. The first-order chi connectivity index (χ1) is 10.4. The Morgan fingerprint density at radius 1 is 1.09 bits per heavy atom. The van der Waals surface area contributed by atoms with E-state index < -0.39 is 10.0 Å². The largest absolute Gasteiger partial charge is 0.497 e. The van der Waals surface area contributed by atoms with Crippen LogP contribution in [0.4, 0.5) is 5.69 Å². The van der Waals surface area contributed by atoms with E-state index in [0.29, 0.717) is 17.0 Å². The molecule has 0 aliphatic carbocycles. The van der Waals surface area contributed by atoms with Gasteiger partial charge in [-0.05, 0) is 37.3 Å². The van der Waals surface area contributed by atoms with Gasteiger partial charge in [-0.2, -0.15) is 0 Å². The maximum atomic E-state index is 12.8. The van der Waals surface area contributed by atoms with Gasteiger partial charge in [-0.25, -0.2) is 8.42 Å². The number of nitrogens with zero attached hydrogens (tertiary/aromatic N) is 1. The fourth-order valence-electron chi connectivity index (χ4n) is 2.44. The zero-order valence-electron chi connectivity index (χ0n) is 12.2. The molecule has 22 heavy (non-hydrogen) atoms. The van der Waals surface area contributed by atoms with Gasteiger partial charge < -0.3 is 4.74 Å². The van der Waals surface area contributed by atoms with Gasteiger partial charge >= 0.3 is 0 Å². The Kier molecular flexibility index (Phi) is 3.41. The molecular formula is C16H15NO4S. The maximum absolute atomic E-state index is 12.8. The van der Waals surface area contributed by atoms with Crippen molar-refractivity contribution in [1.82, 2.24) is 0 Å². The summed E-state index contributed by atoms with van der Waals surface area (Å²) >= 11 is 0. The molecule has 0 fully saturated rings. The van der Waals surface area contributed by atoms with Crippen molar-refractivity contribution in [2.75, 3.05) is 18.0 Å². The lowest BCUT2D eigenvalue weighted by atomic mass is 10.1. The first kappa shape index (κ1) is 14.6. The third-order valence-corrected chi connectivity index (χ3v) is 5.44. The Hall–Kier alpha value is -2.34. The van der Waals surface area contributed by atoms with Crippen LogP contribution in [0.15, 0.2) is 47.4 Å². The van der Waals surface area contributed by atoms with Crippen molar-refractivity contribution < 1.29 is 17.9 Å². The molecule has 3 rings (SSSR count). The highest BCUT2D eigenvalue weighted by Gasteiger charge is 2.35. The summed E-state index contributed by atoms with van der Waals surface area (Å²) in [5, 5.41) is 0. The molecule has 2 aromatic carbocycles. The summed E-state index contributed by atoms with van der Waals surface area (Å²) < 4.78 is 31.7. The van der Waals surface area contributed by atoms with Gasteiger partial charge in [-0.15, -0.1) is 0 Å². The molecule has 1 aliphatic heterocycles. The topological polar surface area (TPSA) is 63.7 Å². The van der Waals surface area contributed by atoms with Crippen molar-refractivity contribution in [3.63, 3.8) is 0 Å². The second-order valence-electron chi connectivity index (χ2n) is 5.13. The number of anilines is 1. The molecule has 0 N–H and O–H groups in total. The summed E-state index contributed by atoms with van der Waals surface area (Å²) in [7, 11) is -2.25. The summed E-state index contributed by atoms with van der Waals surface area (Å²) in [6.45, 7) is 1.70. The van der Waals surface area contributed by atoms with E-state index in [1.807, 2.05) is 6.92 Å². The molecule has 0 bridgehead atoms. The Morgan fingerprint density at radius 3 is 2.41 bits per heavy atom. The fraction of sp³-hybridized carbons (Fsp3) is 0.188. The van der Waals surface area contributed by atoms with Gasteiger partial charge in [0.2, 0.25) is 0 Å². The zero-order valence-corrected chi connectivity index (χ0v) is 13.1. The Bertz CT molecular complexity index is 841. The standard InChI is InChI=1S/C16H15NO4S/c1-11-3-6-13(7-4-11)22(19,20)17-10-16(18)14-9-12(21-2)5-8-15(14)17/h3-9H,10H2,1-2H3. The van der Waals surface area contributed by atoms with Gasteiger partial charge in [-0.1, -0.05) is 17.7 Å². The number of sulfonamides is 1. The van der Waals surface area contributed by atoms with E-state index in [1.165, 1.54) is 7.11 Å². The second-order valence-corrected chi connectivity index (χ2v) is 6.99. The van der Waals surface area contributed by atoms with Crippen LogP contribution in [0.3, 0.4) is 0 Å². The highest BCUT2D eigenvalue weighted by Crippen LogP contribution is 2.35. The van der Waals surface area contributed by atoms with Crippen molar-refractivity contribution in [3.8, 4) is 5.75 Å². The van der Waals surface area contributed by atoms with E-state index in [9.17, 15) is 13.2 Å². The third kappa shape index (κ3) is 2.25. The lowest BCUT2D eigenvalue weighted by molar-refractivity contribution is 0.101. The number of ether oxygens (including phenoxy) is 1. The third-order valence-electron chi connectivity index (χ3n) is 3.67. The van der Waals surface area contributed by atoms with Crippen LogP contribution in [0.25, 0.3) is 0 Å². The lowest BCUT2D eigenvalue weighted by Gasteiger charge is -2.19. The molecule has 0 aromatic heterocycles. The number of benzene rings is 2. The molecule has 0 spiro atoms. The second kappa shape index (κ2) is 5.14. The molecule has 0 radical (unpaired) electrons. The van der Waals surface area contributed by atoms with Crippen LogP contribution in [-0.2, 0) is 10.0 Å². The number of hydrogen-bond donors (Lipinski definition) is 0. The Morgan fingerprint density at radius 2 is 1.77 bits per heavy atom. The number of rotatable bonds is 3. The summed E-state index contributed by atoms with van der Waals surface area (Å²) in [5.74, 6) is 0.297. The highest BCUT2D eigenvalue weighted by molar-refractivity contribution is 7.93. The molecule has 0 unspecified atom stereocenters. The molecule has 0 atom stereocenters. The minimum Gasteiger partial charge on any atom is -0.497 e. The van der Waals surface area contributed by atoms with Gasteiger partial charge in [0.15, 0.2) is 5.78 Å². The smallest absolute Gasteiger partial charge is 0.264 e. The van der Waals surface area contributed by atoms with Crippen LogP contribution in [0, 0.1) is 6.92 Å². The molecular weight excluding hydrogens is 302 g/mol. The van der Waals surface area contributed by atoms with Crippen LogP contribution in [0.2, 0.25) is 0 Å².